The third-order valence-electron chi connectivity index (χ3n) is 3.74. The molecule has 6 nitrogen and oxygen atoms in total. The number of hydrogen-bond donors (Lipinski definition) is 2. The molecule has 0 aromatic carbocycles. The van der Waals surface area contributed by atoms with Crippen LogP contribution >= 0.6 is 0 Å². The largest absolute Gasteiger partial charge is 0.348 e. The Morgan fingerprint density at radius 3 is 3.00 bits per heavy atom. The third-order valence-corrected chi connectivity index (χ3v) is 3.74. The van der Waals surface area contributed by atoms with Crippen LogP contribution in [0.4, 0.5) is 0 Å². The van der Waals surface area contributed by atoms with E-state index in [2.05, 4.69) is 20.1 Å². The molecule has 1 aliphatic carbocycles. The molecule has 3 N–H and O–H groups in total. The zero-order valence-electron chi connectivity index (χ0n) is 10.9. The summed E-state index contributed by atoms with van der Waals surface area (Å²) in [4.78, 5) is 11.4. The van der Waals surface area contributed by atoms with Crippen molar-refractivity contribution in [3.63, 3.8) is 0 Å². The molecule has 0 unspecified atom stereocenters. The van der Waals surface area contributed by atoms with Gasteiger partial charge in [-0.05, 0) is 5.92 Å². The molecule has 1 saturated carbocycles. The van der Waals surface area contributed by atoms with Gasteiger partial charge in [0, 0.05) is 24.7 Å². The van der Waals surface area contributed by atoms with Crippen LogP contribution in [0.5, 0.6) is 0 Å². The van der Waals surface area contributed by atoms with E-state index >= 15 is 0 Å². The molecule has 102 valence electrons. The molecule has 2 heterocycles. The topological polar surface area (TPSA) is 93.6 Å². The van der Waals surface area contributed by atoms with E-state index in [-0.39, 0.29) is 6.04 Å². The first-order valence-corrected chi connectivity index (χ1v) is 6.86. The van der Waals surface area contributed by atoms with Crippen molar-refractivity contribution >= 4 is 0 Å². The summed E-state index contributed by atoms with van der Waals surface area (Å²) in [5.74, 6) is 2.03. The van der Waals surface area contributed by atoms with Crippen LogP contribution in [0, 0.1) is 5.92 Å². The van der Waals surface area contributed by atoms with Gasteiger partial charge in [0.15, 0.2) is 5.82 Å². The van der Waals surface area contributed by atoms with Crippen molar-refractivity contribution in [2.75, 3.05) is 0 Å². The van der Waals surface area contributed by atoms with Crippen molar-refractivity contribution in [3.05, 3.63) is 29.9 Å². The first-order chi connectivity index (χ1) is 9.31. The molecule has 0 aliphatic heterocycles. The first kappa shape index (κ1) is 12.3. The van der Waals surface area contributed by atoms with E-state index in [1.165, 1.54) is 25.7 Å². The quantitative estimate of drug-likeness (QED) is 0.855. The van der Waals surface area contributed by atoms with E-state index in [1.54, 1.807) is 12.5 Å². The maximum atomic E-state index is 6.06. The van der Waals surface area contributed by atoms with Crippen molar-refractivity contribution in [2.45, 2.75) is 44.6 Å². The molecule has 2 aromatic heterocycles. The molecule has 0 bridgehead atoms. The van der Waals surface area contributed by atoms with Gasteiger partial charge >= 0.3 is 0 Å². The highest BCUT2D eigenvalue weighted by molar-refractivity contribution is 5.02. The van der Waals surface area contributed by atoms with Crippen LogP contribution in [0.15, 0.2) is 17.0 Å². The van der Waals surface area contributed by atoms with Crippen LogP contribution in [0.25, 0.3) is 0 Å². The average molecular weight is 261 g/mol. The lowest BCUT2D eigenvalue weighted by molar-refractivity contribution is 0.347. The Hall–Kier alpha value is -1.69. The number of aromatic amines is 1. The molecule has 0 saturated heterocycles. The van der Waals surface area contributed by atoms with Crippen LogP contribution in [0.3, 0.4) is 0 Å². The van der Waals surface area contributed by atoms with E-state index in [4.69, 9.17) is 10.3 Å². The fourth-order valence-corrected chi connectivity index (χ4v) is 2.69. The molecule has 0 spiro atoms. The molecule has 1 atom stereocenters. The number of aromatic nitrogens is 4. The predicted octanol–water partition coefficient (Wildman–Crippen LogP) is 1.77. The molecule has 1 aliphatic rings. The van der Waals surface area contributed by atoms with E-state index in [9.17, 15) is 0 Å². The van der Waals surface area contributed by atoms with Crippen molar-refractivity contribution in [1.29, 1.82) is 0 Å². The summed E-state index contributed by atoms with van der Waals surface area (Å²) in [5, 5.41) is 4.04. The highest BCUT2D eigenvalue weighted by Gasteiger charge is 2.20. The summed E-state index contributed by atoms with van der Waals surface area (Å²) >= 11 is 0. The summed E-state index contributed by atoms with van der Waals surface area (Å²) < 4.78 is 5.27. The van der Waals surface area contributed by atoms with Gasteiger partial charge in [-0.3, -0.25) is 0 Å². The van der Waals surface area contributed by atoms with Crippen LogP contribution < -0.4 is 5.73 Å². The molecule has 3 rings (SSSR count). The summed E-state index contributed by atoms with van der Waals surface area (Å²) in [6.07, 6.45) is 10.2. The summed E-state index contributed by atoms with van der Waals surface area (Å²) in [5.41, 5.74) is 7.04. The Labute approximate surface area is 111 Å². The number of nitrogens with one attached hydrogen (secondary N) is 1. The number of nitrogens with zero attached hydrogens (tertiary/aromatic N) is 3. The van der Waals surface area contributed by atoms with Crippen LogP contribution in [-0.2, 0) is 12.8 Å². The second-order valence-corrected chi connectivity index (χ2v) is 5.29. The Bertz CT molecular complexity index is 501. The van der Waals surface area contributed by atoms with Gasteiger partial charge in [0.25, 0.3) is 0 Å². The Kier molecular flexibility index (Phi) is 3.59. The lowest BCUT2D eigenvalue weighted by Crippen LogP contribution is -2.14. The number of imidazole rings is 1. The molecule has 0 radical (unpaired) electrons. The van der Waals surface area contributed by atoms with Gasteiger partial charge in [-0.1, -0.05) is 30.8 Å². The Balaban J connectivity index is 1.60. The average Bonchev–Trinajstić information content (AvgIpc) is 3.10. The summed E-state index contributed by atoms with van der Waals surface area (Å²) in [7, 11) is 0. The second-order valence-electron chi connectivity index (χ2n) is 5.29. The monoisotopic (exact) mass is 261 g/mol. The SMILES string of the molecule is N[C@@H](Cc1cnc[nH]1)c1nc(CC2CCCC2)no1. The van der Waals surface area contributed by atoms with Crippen LogP contribution in [-0.4, -0.2) is 20.1 Å². The molecule has 1 fully saturated rings. The first-order valence-electron chi connectivity index (χ1n) is 6.86. The predicted molar refractivity (Wildman–Crippen MR) is 69.2 cm³/mol. The van der Waals surface area contributed by atoms with Gasteiger partial charge < -0.3 is 15.2 Å². The minimum Gasteiger partial charge on any atom is -0.348 e. The highest BCUT2D eigenvalue weighted by atomic mass is 16.5. The standard InChI is InChI=1S/C13H19N5O/c14-11(6-10-7-15-8-16-10)13-17-12(18-19-13)5-9-3-1-2-4-9/h7-9,11H,1-6,14H2,(H,15,16)/t11-/m0/s1. The number of hydrogen-bond acceptors (Lipinski definition) is 5. The van der Waals surface area contributed by atoms with Gasteiger partial charge in [-0.15, -0.1) is 0 Å². The Morgan fingerprint density at radius 2 is 2.26 bits per heavy atom. The lowest BCUT2D eigenvalue weighted by atomic mass is 10.0. The fraction of sp³-hybridized carbons (Fsp3) is 0.615. The second kappa shape index (κ2) is 5.52. The number of nitrogens with two attached hydrogens (primary N) is 1. The Morgan fingerprint density at radius 1 is 1.42 bits per heavy atom. The summed E-state index contributed by atoms with van der Waals surface area (Å²) in [6, 6.07) is -0.273. The fourth-order valence-electron chi connectivity index (χ4n) is 2.69. The van der Waals surface area contributed by atoms with Crippen molar-refractivity contribution in [1.82, 2.24) is 20.1 Å². The van der Waals surface area contributed by atoms with E-state index < -0.39 is 0 Å². The molecule has 19 heavy (non-hydrogen) atoms. The van der Waals surface area contributed by atoms with Crippen molar-refractivity contribution in [3.8, 4) is 0 Å². The van der Waals surface area contributed by atoms with Gasteiger partial charge in [-0.25, -0.2) is 4.98 Å². The zero-order chi connectivity index (χ0) is 13.1. The minimum absolute atomic E-state index is 0.273. The normalized spacial score (nSPS) is 17.9. The van der Waals surface area contributed by atoms with Crippen molar-refractivity contribution in [2.24, 2.45) is 11.7 Å². The molecule has 0 amide bonds. The smallest absolute Gasteiger partial charge is 0.243 e. The van der Waals surface area contributed by atoms with Gasteiger partial charge in [0.1, 0.15) is 0 Å². The van der Waals surface area contributed by atoms with E-state index in [0.29, 0.717) is 18.2 Å². The summed E-state index contributed by atoms with van der Waals surface area (Å²) in [6.45, 7) is 0. The molecular weight excluding hydrogens is 242 g/mol. The third kappa shape index (κ3) is 3.01. The maximum Gasteiger partial charge on any atom is 0.243 e. The van der Waals surface area contributed by atoms with Crippen LogP contribution in [0.2, 0.25) is 0 Å². The van der Waals surface area contributed by atoms with Crippen molar-refractivity contribution < 1.29 is 4.52 Å². The zero-order valence-corrected chi connectivity index (χ0v) is 10.9. The number of H-pyrrole nitrogens is 1. The number of rotatable bonds is 5. The van der Waals surface area contributed by atoms with Crippen LogP contribution in [0.1, 0.15) is 49.1 Å². The highest BCUT2D eigenvalue weighted by Crippen LogP contribution is 2.27. The van der Waals surface area contributed by atoms with Gasteiger partial charge in [0.2, 0.25) is 5.89 Å². The molecule has 2 aromatic rings. The van der Waals surface area contributed by atoms with E-state index in [0.717, 1.165) is 17.9 Å². The molecule has 6 heteroatoms. The van der Waals surface area contributed by atoms with Gasteiger partial charge in [0.05, 0.1) is 12.4 Å². The van der Waals surface area contributed by atoms with E-state index in [1.807, 2.05) is 0 Å². The maximum absolute atomic E-state index is 6.06. The molecular formula is C13H19N5O. The minimum atomic E-state index is -0.273. The lowest BCUT2D eigenvalue weighted by Gasteiger charge is -2.04. The van der Waals surface area contributed by atoms with Gasteiger partial charge in [-0.2, -0.15) is 4.98 Å².